The molecule has 1 aliphatic carbocycles. The SMILES string of the molecule is COCC1(F)CCN(c2cc(C3CC3)ncn2)C1. The topological polar surface area (TPSA) is 38.2 Å². The Kier molecular flexibility index (Phi) is 2.93. The molecular formula is C13H18FN3O. The van der Waals surface area contributed by atoms with E-state index in [2.05, 4.69) is 9.97 Å². The number of anilines is 1. The summed E-state index contributed by atoms with van der Waals surface area (Å²) >= 11 is 0. The predicted molar refractivity (Wildman–Crippen MR) is 66.6 cm³/mol. The van der Waals surface area contributed by atoms with Crippen LogP contribution in [0.1, 0.15) is 30.9 Å². The maximum absolute atomic E-state index is 14.3. The molecule has 0 amide bonds. The number of halogens is 1. The molecule has 0 spiro atoms. The first kappa shape index (κ1) is 11.8. The van der Waals surface area contributed by atoms with Crippen molar-refractivity contribution in [3.8, 4) is 0 Å². The molecule has 5 heteroatoms. The zero-order valence-corrected chi connectivity index (χ0v) is 10.6. The third-order valence-electron chi connectivity index (χ3n) is 3.70. The molecular weight excluding hydrogens is 233 g/mol. The van der Waals surface area contributed by atoms with Crippen molar-refractivity contribution in [2.24, 2.45) is 0 Å². The molecule has 1 unspecified atom stereocenters. The molecule has 0 aromatic carbocycles. The minimum atomic E-state index is -1.24. The van der Waals surface area contributed by atoms with Crippen LogP contribution in [0.15, 0.2) is 12.4 Å². The van der Waals surface area contributed by atoms with Gasteiger partial charge in [-0.3, -0.25) is 0 Å². The fourth-order valence-corrected chi connectivity index (χ4v) is 2.54. The summed E-state index contributed by atoms with van der Waals surface area (Å²) in [4.78, 5) is 10.5. The van der Waals surface area contributed by atoms with Crippen molar-refractivity contribution in [1.82, 2.24) is 9.97 Å². The number of rotatable bonds is 4. The Balaban J connectivity index is 1.73. The van der Waals surface area contributed by atoms with Crippen LogP contribution in [0.25, 0.3) is 0 Å². The van der Waals surface area contributed by atoms with Crippen molar-refractivity contribution in [2.45, 2.75) is 30.8 Å². The molecule has 1 atom stereocenters. The first-order valence-corrected chi connectivity index (χ1v) is 6.45. The van der Waals surface area contributed by atoms with Crippen LogP contribution in [0.3, 0.4) is 0 Å². The van der Waals surface area contributed by atoms with Gasteiger partial charge in [-0.25, -0.2) is 14.4 Å². The minimum Gasteiger partial charge on any atom is -0.381 e. The number of methoxy groups -OCH3 is 1. The van der Waals surface area contributed by atoms with Crippen molar-refractivity contribution in [1.29, 1.82) is 0 Å². The van der Waals surface area contributed by atoms with Crippen LogP contribution in [0, 0.1) is 0 Å². The summed E-state index contributed by atoms with van der Waals surface area (Å²) in [7, 11) is 1.54. The highest BCUT2D eigenvalue weighted by Gasteiger charge is 2.39. The molecule has 0 bridgehead atoms. The number of aromatic nitrogens is 2. The van der Waals surface area contributed by atoms with Crippen LogP contribution in [0.4, 0.5) is 10.2 Å². The Morgan fingerprint density at radius 2 is 2.33 bits per heavy atom. The van der Waals surface area contributed by atoms with Crippen molar-refractivity contribution in [2.75, 3.05) is 31.7 Å². The highest BCUT2D eigenvalue weighted by Crippen LogP contribution is 2.40. The molecule has 1 saturated carbocycles. The number of ether oxygens (including phenoxy) is 1. The normalized spacial score (nSPS) is 27.8. The maximum Gasteiger partial charge on any atom is 0.153 e. The van der Waals surface area contributed by atoms with Crippen LogP contribution in [-0.2, 0) is 4.74 Å². The molecule has 98 valence electrons. The lowest BCUT2D eigenvalue weighted by atomic mass is 10.1. The second-order valence-corrected chi connectivity index (χ2v) is 5.33. The molecule has 1 saturated heterocycles. The Morgan fingerprint density at radius 1 is 1.50 bits per heavy atom. The van der Waals surface area contributed by atoms with E-state index < -0.39 is 5.67 Å². The van der Waals surface area contributed by atoms with Crippen molar-refractivity contribution in [3.05, 3.63) is 18.1 Å². The van der Waals surface area contributed by atoms with E-state index in [4.69, 9.17) is 4.74 Å². The predicted octanol–water partition coefficient (Wildman–Crippen LogP) is 1.92. The largest absolute Gasteiger partial charge is 0.381 e. The van der Waals surface area contributed by atoms with Gasteiger partial charge in [0.1, 0.15) is 12.1 Å². The molecule has 1 aromatic rings. The summed E-state index contributed by atoms with van der Waals surface area (Å²) in [6.45, 7) is 1.22. The average molecular weight is 251 g/mol. The molecule has 4 nitrogen and oxygen atoms in total. The Labute approximate surface area is 106 Å². The van der Waals surface area contributed by atoms with E-state index in [9.17, 15) is 4.39 Å². The van der Waals surface area contributed by atoms with Gasteiger partial charge in [0.15, 0.2) is 5.67 Å². The smallest absolute Gasteiger partial charge is 0.153 e. The van der Waals surface area contributed by atoms with Gasteiger partial charge in [-0.2, -0.15) is 0 Å². The van der Waals surface area contributed by atoms with Crippen LogP contribution in [0.2, 0.25) is 0 Å². The summed E-state index contributed by atoms with van der Waals surface area (Å²) < 4.78 is 19.3. The Morgan fingerprint density at radius 3 is 3.06 bits per heavy atom. The van der Waals surface area contributed by atoms with Crippen LogP contribution < -0.4 is 4.90 Å². The Bertz CT molecular complexity index is 438. The molecule has 2 fully saturated rings. The standard InChI is InChI=1S/C13H18FN3O/c1-18-8-13(14)4-5-17(7-13)12-6-11(10-2-3-10)15-9-16-12/h6,9-10H,2-5,7-8H2,1H3. The number of alkyl halides is 1. The zero-order chi connectivity index (χ0) is 12.6. The first-order chi connectivity index (χ1) is 8.70. The van der Waals surface area contributed by atoms with Gasteiger partial charge in [-0.05, 0) is 12.8 Å². The van der Waals surface area contributed by atoms with Gasteiger partial charge in [0.25, 0.3) is 0 Å². The van der Waals surface area contributed by atoms with E-state index >= 15 is 0 Å². The van der Waals surface area contributed by atoms with E-state index in [1.54, 1.807) is 13.4 Å². The highest BCUT2D eigenvalue weighted by atomic mass is 19.1. The summed E-state index contributed by atoms with van der Waals surface area (Å²) in [5.74, 6) is 1.45. The molecule has 18 heavy (non-hydrogen) atoms. The highest BCUT2D eigenvalue weighted by molar-refractivity contribution is 5.42. The number of nitrogens with zero attached hydrogens (tertiary/aromatic N) is 3. The molecule has 2 heterocycles. The lowest BCUT2D eigenvalue weighted by Crippen LogP contribution is -2.33. The molecule has 0 radical (unpaired) electrons. The fourth-order valence-electron chi connectivity index (χ4n) is 2.54. The van der Waals surface area contributed by atoms with Gasteiger partial charge < -0.3 is 9.64 Å². The van der Waals surface area contributed by atoms with Crippen molar-refractivity contribution >= 4 is 5.82 Å². The number of hydrogen-bond acceptors (Lipinski definition) is 4. The molecule has 2 aliphatic rings. The lowest BCUT2D eigenvalue weighted by Gasteiger charge is -2.21. The molecule has 0 N–H and O–H groups in total. The van der Waals surface area contributed by atoms with Gasteiger partial charge >= 0.3 is 0 Å². The summed E-state index contributed by atoms with van der Waals surface area (Å²) in [5, 5.41) is 0. The first-order valence-electron chi connectivity index (χ1n) is 6.45. The van der Waals surface area contributed by atoms with Crippen LogP contribution in [0.5, 0.6) is 0 Å². The average Bonchev–Trinajstić information content (AvgIpc) is 3.14. The molecule has 1 aromatic heterocycles. The van der Waals surface area contributed by atoms with Crippen LogP contribution in [-0.4, -0.2) is 42.4 Å². The zero-order valence-electron chi connectivity index (χ0n) is 10.6. The summed E-state index contributed by atoms with van der Waals surface area (Å²) in [5.41, 5.74) is -0.137. The quantitative estimate of drug-likeness (QED) is 0.819. The van der Waals surface area contributed by atoms with Crippen LogP contribution >= 0.6 is 0 Å². The molecule has 3 rings (SSSR count). The van der Waals surface area contributed by atoms with E-state index in [1.165, 1.54) is 12.8 Å². The summed E-state index contributed by atoms with van der Waals surface area (Å²) in [6.07, 6.45) is 4.53. The lowest BCUT2D eigenvalue weighted by molar-refractivity contribution is 0.0570. The third kappa shape index (κ3) is 2.32. The van der Waals surface area contributed by atoms with E-state index in [0.717, 1.165) is 11.5 Å². The second-order valence-electron chi connectivity index (χ2n) is 5.33. The minimum absolute atomic E-state index is 0.157. The number of hydrogen-bond donors (Lipinski definition) is 0. The maximum atomic E-state index is 14.3. The van der Waals surface area contributed by atoms with Crippen molar-refractivity contribution in [3.63, 3.8) is 0 Å². The van der Waals surface area contributed by atoms with E-state index in [-0.39, 0.29) is 6.61 Å². The van der Waals surface area contributed by atoms with Gasteiger partial charge in [-0.1, -0.05) is 0 Å². The van der Waals surface area contributed by atoms with Crippen molar-refractivity contribution < 1.29 is 9.13 Å². The van der Waals surface area contributed by atoms with Gasteiger partial charge in [0, 0.05) is 37.8 Å². The molecule has 1 aliphatic heterocycles. The third-order valence-corrected chi connectivity index (χ3v) is 3.70. The van der Waals surface area contributed by atoms with Gasteiger partial charge in [0.2, 0.25) is 0 Å². The van der Waals surface area contributed by atoms with E-state index in [1.807, 2.05) is 11.0 Å². The monoisotopic (exact) mass is 251 g/mol. The Hall–Kier alpha value is -1.23. The van der Waals surface area contributed by atoms with Gasteiger partial charge in [0.05, 0.1) is 13.2 Å². The van der Waals surface area contributed by atoms with E-state index in [0.29, 0.717) is 25.4 Å². The fraction of sp³-hybridized carbons (Fsp3) is 0.692. The second kappa shape index (κ2) is 4.46. The van der Waals surface area contributed by atoms with Gasteiger partial charge in [-0.15, -0.1) is 0 Å². The summed E-state index contributed by atoms with van der Waals surface area (Å²) in [6, 6.07) is 2.01.